The second kappa shape index (κ2) is 5.93. The van der Waals surface area contributed by atoms with E-state index in [-0.39, 0.29) is 11.7 Å². The van der Waals surface area contributed by atoms with Gasteiger partial charge >= 0.3 is 0 Å². The van der Waals surface area contributed by atoms with E-state index in [0.717, 1.165) is 5.57 Å². The molecule has 0 aromatic rings. The lowest BCUT2D eigenvalue weighted by Crippen LogP contribution is -1.87. The molecule has 0 atom stereocenters. The fraction of sp³-hybridized carbons (Fsp3) is 0.222. The molecule has 0 heterocycles. The van der Waals surface area contributed by atoms with Crippen molar-refractivity contribution in [1.29, 1.82) is 0 Å². The van der Waals surface area contributed by atoms with Crippen molar-refractivity contribution in [3.63, 3.8) is 0 Å². The quantitative estimate of drug-likeness (QED) is 0.469. The minimum Gasteiger partial charge on any atom is -0.281 e. The Balaban J connectivity index is 4.22. The van der Waals surface area contributed by atoms with E-state index in [0.29, 0.717) is 0 Å². The molecule has 0 bridgehead atoms. The summed E-state index contributed by atoms with van der Waals surface area (Å²) in [6, 6.07) is 0. The summed E-state index contributed by atoms with van der Waals surface area (Å²) in [4.78, 5) is 10.5. The van der Waals surface area contributed by atoms with Gasteiger partial charge in [-0.1, -0.05) is 30.9 Å². The molecule has 2 heteroatoms. The number of hydrogen-bond acceptors (Lipinski definition) is 1. The Morgan fingerprint density at radius 1 is 1.64 bits per heavy atom. The van der Waals surface area contributed by atoms with Crippen LogP contribution in [0, 0.1) is 0 Å². The van der Waals surface area contributed by atoms with Crippen LogP contribution in [0.25, 0.3) is 0 Å². The molecule has 11 heavy (non-hydrogen) atoms. The standard InChI is InChI=1S/C9H11ClO/c1-3-5-8(6-4-2)7-9(10)11/h3-6H,1,7H2,2H3/b6-4-,8-5+. The highest BCUT2D eigenvalue weighted by Gasteiger charge is 1.97. The highest BCUT2D eigenvalue weighted by Crippen LogP contribution is 2.06. The molecule has 0 spiro atoms. The third-order valence-electron chi connectivity index (χ3n) is 1.06. The Kier molecular flexibility index (Phi) is 5.49. The van der Waals surface area contributed by atoms with Gasteiger partial charge in [0.2, 0.25) is 5.24 Å². The molecule has 0 radical (unpaired) electrons. The number of rotatable bonds is 4. The second-order valence-electron chi connectivity index (χ2n) is 2.01. The van der Waals surface area contributed by atoms with Gasteiger partial charge in [0.15, 0.2) is 0 Å². The van der Waals surface area contributed by atoms with Crippen molar-refractivity contribution < 1.29 is 4.79 Å². The highest BCUT2D eigenvalue weighted by atomic mass is 35.5. The van der Waals surface area contributed by atoms with Crippen LogP contribution in [0.15, 0.2) is 36.5 Å². The lowest BCUT2D eigenvalue weighted by atomic mass is 10.2. The zero-order chi connectivity index (χ0) is 8.69. The molecule has 0 rings (SSSR count). The van der Waals surface area contributed by atoms with Crippen LogP contribution in [0.1, 0.15) is 13.3 Å². The van der Waals surface area contributed by atoms with E-state index >= 15 is 0 Å². The molecule has 0 saturated carbocycles. The minimum atomic E-state index is -0.351. The Bertz CT molecular complexity index is 202. The average molecular weight is 171 g/mol. The number of hydrogen-bond donors (Lipinski definition) is 0. The van der Waals surface area contributed by atoms with Gasteiger partial charge in [0.1, 0.15) is 0 Å². The summed E-state index contributed by atoms with van der Waals surface area (Å²) in [7, 11) is 0. The van der Waals surface area contributed by atoms with Crippen LogP contribution in [0.5, 0.6) is 0 Å². The molecule has 0 aliphatic rings. The monoisotopic (exact) mass is 170 g/mol. The molecule has 0 aliphatic heterocycles. The van der Waals surface area contributed by atoms with Crippen LogP contribution in [0.2, 0.25) is 0 Å². The molecule has 0 aromatic carbocycles. The van der Waals surface area contributed by atoms with Crippen LogP contribution < -0.4 is 0 Å². The van der Waals surface area contributed by atoms with Crippen molar-refractivity contribution in [1.82, 2.24) is 0 Å². The van der Waals surface area contributed by atoms with Gasteiger partial charge in [0.25, 0.3) is 0 Å². The molecule has 60 valence electrons. The summed E-state index contributed by atoms with van der Waals surface area (Å²) in [5, 5.41) is -0.351. The first-order chi connectivity index (χ1) is 5.20. The fourth-order valence-corrected chi connectivity index (χ4v) is 0.854. The fourth-order valence-electron chi connectivity index (χ4n) is 0.699. The second-order valence-corrected chi connectivity index (χ2v) is 2.43. The molecular weight excluding hydrogens is 160 g/mol. The first-order valence-electron chi connectivity index (χ1n) is 3.33. The first-order valence-corrected chi connectivity index (χ1v) is 3.71. The van der Waals surface area contributed by atoms with E-state index in [9.17, 15) is 4.79 Å². The summed E-state index contributed by atoms with van der Waals surface area (Å²) in [5.41, 5.74) is 0.877. The molecule has 0 aromatic heterocycles. The largest absolute Gasteiger partial charge is 0.281 e. The molecule has 0 amide bonds. The molecular formula is C9H11ClO. The summed E-state index contributed by atoms with van der Waals surface area (Å²) >= 11 is 5.20. The summed E-state index contributed by atoms with van der Waals surface area (Å²) in [6.07, 6.45) is 7.35. The van der Waals surface area contributed by atoms with Crippen molar-refractivity contribution in [2.75, 3.05) is 0 Å². The lowest BCUT2D eigenvalue weighted by Gasteiger charge is -1.93. The Morgan fingerprint density at radius 2 is 2.27 bits per heavy atom. The van der Waals surface area contributed by atoms with Gasteiger partial charge in [0.05, 0.1) is 0 Å². The molecule has 0 saturated heterocycles. The van der Waals surface area contributed by atoms with Crippen molar-refractivity contribution in [2.24, 2.45) is 0 Å². The number of carbonyl (C=O) groups is 1. The summed E-state index contributed by atoms with van der Waals surface area (Å²) in [6.45, 7) is 5.41. The Hall–Kier alpha value is -0.820. The zero-order valence-electron chi connectivity index (χ0n) is 6.51. The van der Waals surface area contributed by atoms with Gasteiger partial charge in [-0.2, -0.15) is 0 Å². The van der Waals surface area contributed by atoms with Crippen LogP contribution in [-0.2, 0) is 4.79 Å². The average Bonchev–Trinajstić information content (AvgIpc) is 1.87. The molecule has 1 nitrogen and oxygen atoms in total. The third-order valence-corrected chi connectivity index (χ3v) is 1.19. The van der Waals surface area contributed by atoms with Crippen molar-refractivity contribution >= 4 is 16.8 Å². The van der Waals surface area contributed by atoms with E-state index in [1.807, 2.05) is 19.1 Å². The van der Waals surface area contributed by atoms with Crippen LogP contribution in [-0.4, -0.2) is 5.24 Å². The van der Waals surface area contributed by atoms with Crippen molar-refractivity contribution in [2.45, 2.75) is 13.3 Å². The minimum absolute atomic E-state index is 0.262. The smallest absolute Gasteiger partial charge is 0.226 e. The van der Waals surface area contributed by atoms with Gasteiger partial charge in [-0.05, 0) is 24.1 Å². The van der Waals surface area contributed by atoms with Gasteiger partial charge in [0, 0.05) is 6.42 Å². The van der Waals surface area contributed by atoms with E-state index in [1.54, 1.807) is 12.2 Å². The SMILES string of the molecule is C=C/C=C(\C=C/C)CC(=O)Cl. The topological polar surface area (TPSA) is 17.1 Å². The third kappa shape index (κ3) is 5.62. The van der Waals surface area contributed by atoms with E-state index < -0.39 is 0 Å². The summed E-state index contributed by atoms with van der Waals surface area (Å²) in [5.74, 6) is 0. The van der Waals surface area contributed by atoms with Crippen molar-refractivity contribution in [3.8, 4) is 0 Å². The molecule has 0 fully saturated rings. The first kappa shape index (κ1) is 10.2. The van der Waals surface area contributed by atoms with Gasteiger partial charge in [-0.15, -0.1) is 0 Å². The predicted octanol–water partition coefficient (Wildman–Crippen LogP) is 2.83. The van der Waals surface area contributed by atoms with E-state index in [1.165, 1.54) is 0 Å². The Labute approximate surface area is 72.1 Å². The van der Waals surface area contributed by atoms with E-state index in [2.05, 4.69) is 6.58 Å². The number of carbonyl (C=O) groups excluding carboxylic acids is 1. The van der Waals surface area contributed by atoms with Gasteiger partial charge in [-0.25, -0.2) is 0 Å². The van der Waals surface area contributed by atoms with Gasteiger partial charge in [-0.3, -0.25) is 4.79 Å². The van der Waals surface area contributed by atoms with Crippen LogP contribution >= 0.6 is 11.6 Å². The maximum absolute atomic E-state index is 10.5. The number of halogens is 1. The summed E-state index contributed by atoms with van der Waals surface area (Å²) < 4.78 is 0. The lowest BCUT2D eigenvalue weighted by molar-refractivity contribution is -0.111. The maximum atomic E-state index is 10.5. The van der Waals surface area contributed by atoms with Crippen LogP contribution in [0.3, 0.4) is 0 Å². The van der Waals surface area contributed by atoms with Gasteiger partial charge < -0.3 is 0 Å². The maximum Gasteiger partial charge on any atom is 0.226 e. The van der Waals surface area contributed by atoms with Crippen LogP contribution in [0.4, 0.5) is 0 Å². The van der Waals surface area contributed by atoms with E-state index in [4.69, 9.17) is 11.6 Å². The molecule has 0 aliphatic carbocycles. The highest BCUT2D eigenvalue weighted by molar-refractivity contribution is 6.63. The van der Waals surface area contributed by atoms with Crippen molar-refractivity contribution in [3.05, 3.63) is 36.5 Å². The normalized spacial score (nSPS) is 12.0. The number of allylic oxidation sites excluding steroid dienone is 5. The molecule has 0 N–H and O–H groups in total. The Morgan fingerprint density at radius 3 is 2.64 bits per heavy atom. The predicted molar refractivity (Wildman–Crippen MR) is 48.6 cm³/mol. The molecule has 0 unspecified atom stereocenters. The zero-order valence-corrected chi connectivity index (χ0v) is 7.27.